The van der Waals surface area contributed by atoms with Crippen LogP contribution < -0.4 is 11.1 Å². The van der Waals surface area contributed by atoms with Crippen molar-refractivity contribution in [2.75, 3.05) is 6.54 Å². The molecule has 1 atom stereocenters. The molecule has 2 aromatic carbocycles. The van der Waals surface area contributed by atoms with Crippen LogP contribution in [0.2, 0.25) is 0 Å². The number of amides is 1. The van der Waals surface area contributed by atoms with Crippen LogP contribution in [0, 0.1) is 0 Å². The Balaban J connectivity index is 0.00000242. The molecular formula is C18H25ClN2O. The molecule has 0 aromatic heterocycles. The van der Waals surface area contributed by atoms with Crippen molar-refractivity contribution in [3.05, 3.63) is 48.0 Å². The van der Waals surface area contributed by atoms with Crippen LogP contribution in [0.1, 0.15) is 32.3 Å². The van der Waals surface area contributed by atoms with Crippen LogP contribution in [0.25, 0.3) is 10.8 Å². The normalized spacial score (nSPS) is 13.2. The van der Waals surface area contributed by atoms with Crippen molar-refractivity contribution in [3.8, 4) is 0 Å². The standard InChI is InChI=1S/C18H24N2O.ClH/c1-3-12-18(2,19)17(21)20-13-11-15-9-6-8-14-7-4-5-10-16(14)15;/h4-10H,3,11-13,19H2,1-2H3,(H,20,21);1H. The van der Waals surface area contributed by atoms with Gasteiger partial charge in [-0.1, -0.05) is 55.8 Å². The van der Waals surface area contributed by atoms with Gasteiger partial charge in [-0.15, -0.1) is 12.4 Å². The van der Waals surface area contributed by atoms with E-state index in [1.54, 1.807) is 6.92 Å². The lowest BCUT2D eigenvalue weighted by molar-refractivity contribution is -0.126. The molecule has 1 amide bonds. The Morgan fingerprint density at radius 3 is 2.59 bits per heavy atom. The van der Waals surface area contributed by atoms with Crippen molar-refractivity contribution >= 4 is 29.1 Å². The van der Waals surface area contributed by atoms with Crippen LogP contribution in [0.3, 0.4) is 0 Å². The van der Waals surface area contributed by atoms with Gasteiger partial charge in [0.15, 0.2) is 0 Å². The van der Waals surface area contributed by atoms with E-state index in [9.17, 15) is 4.79 Å². The molecule has 0 fully saturated rings. The van der Waals surface area contributed by atoms with E-state index in [-0.39, 0.29) is 18.3 Å². The maximum Gasteiger partial charge on any atom is 0.239 e. The minimum Gasteiger partial charge on any atom is -0.354 e. The molecule has 0 spiro atoms. The maximum atomic E-state index is 12.1. The molecular weight excluding hydrogens is 296 g/mol. The lowest BCUT2D eigenvalue weighted by Crippen LogP contribution is -2.51. The van der Waals surface area contributed by atoms with Crippen LogP contribution in [0.4, 0.5) is 0 Å². The third-order valence-corrected chi connectivity index (χ3v) is 3.85. The molecule has 0 aliphatic heterocycles. The van der Waals surface area contributed by atoms with Gasteiger partial charge >= 0.3 is 0 Å². The number of halogens is 1. The lowest BCUT2D eigenvalue weighted by Gasteiger charge is -2.22. The topological polar surface area (TPSA) is 55.1 Å². The molecule has 0 aliphatic rings. The first kappa shape index (κ1) is 18.5. The number of hydrogen-bond acceptors (Lipinski definition) is 2. The quantitative estimate of drug-likeness (QED) is 0.856. The number of nitrogens with two attached hydrogens (primary N) is 1. The van der Waals surface area contributed by atoms with Gasteiger partial charge in [0.05, 0.1) is 5.54 Å². The Morgan fingerprint density at radius 2 is 1.86 bits per heavy atom. The van der Waals surface area contributed by atoms with E-state index in [2.05, 4.69) is 35.6 Å². The van der Waals surface area contributed by atoms with Gasteiger partial charge < -0.3 is 11.1 Å². The van der Waals surface area contributed by atoms with Crippen molar-refractivity contribution in [1.82, 2.24) is 5.32 Å². The summed E-state index contributed by atoms with van der Waals surface area (Å²) in [7, 11) is 0. The second-order valence-corrected chi connectivity index (χ2v) is 5.81. The summed E-state index contributed by atoms with van der Waals surface area (Å²) in [5, 5.41) is 5.44. The van der Waals surface area contributed by atoms with Crippen LogP contribution in [-0.2, 0) is 11.2 Å². The first-order valence-electron chi connectivity index (χ1n) is 7.58. The molecule has 2 rings (SSSR count). The van der Waals surface area contributed by atoms with E-state index in [1.807, 2.05) is 19.1 Å². The molecule has 0 heterocycles. The lowest BCUT2D eigenvalue weighted by atomic mass is 9.96. The summed E-state index contributed by atoms with van der Waals surface area (Å²) in [5.41, 5.74) is 6.51. The number of carbonyl (C=O) groups excluding carboxylic acids is 1. The summed E-state index contributed by atoms with van der Waals surface area (Å²) in [6.07, 6.45) is 2.42. The second kappa shape index (κ2) is 8.16. The summed E-state index contributed by atoms with van der Waals surface area (Å²) < 4.78 is 0. The highest BCUT2D eigenvalue weighted by molar-refractivity contribution is 5.87. The number of nitrogens with one attached hydrogen (secondary N) is 1. The van der Waals surface area contributed by atoms with E-state index in [1.165, 1.54) is 16.3 Å². The molecule has 4 heteroatoms. The van der Waals surface area contributed by atoms with Crippen LogP contribution >= 0.6 is 12.4 Å². The molecule has 0 aliphatic carbocycles. The Hall–Kier alpha value is -1.58. The maximum absolute atomic E-state index is 12.1. The van der Waals surface area contributed by atoms with Crippen molar-refractivity contribution in [2.24, 2.45) is 5.73 Å². The van der Waals surface area contributed by atoms with Gasteiger partial charge in [-0.25, -0.2) is 0 Å². The van der Waals surface area contributed by atoms with Crippen molar-refractivity contribution in [3.63, 3.8) is 0 Å². The van der Waals surface area contributed by atoms with Crippen molar-refractivity contribution < 1.29 is 4.79 Å². The minimum absolute atomic E-state index is 0. The SMILES string of the molecule is CCCC(C)(N)C(=O)NCCc1cccc2ccccc12.Cl. The van der Waals surface area contributed by atoms with Crippen LogP contribution in [0.5, 0.6) is 0 Å². The highest BCUT2D eigenvalue weighted by atomic mass is 35.5. The highest BCUT2D eigenvalue weighted by Gasteiger charge is 2.26. The van der Waals surface area contributed by atoms with E-state index in [0.717, 1.165) is 12.8 Å². The zero-order valence-corrected chi connectivity index (χ0v) is 14.1. The molecule has 1 unspecified atom stereocenters. The number of hydrogen-bond donors (Lipinski definition) is 2. The molecule has 2 aromatic rings. The summed E-state index contributed by atoms with van der Waals surface area (Å²) in [6.45, 7) is 4.45. The number of rotatable bonds is 6. The first-order chi connectivity index (χ1) is 10.0. The largest absolute Gasteiger partial charge is 0.354 e. The molecule has 0 saturated heterocycles. The van der Waals surface area contributed by atoms with E-state index in [4.69, 9.17) is 5.73 Å². The molecule has 0 bridgehead atoms. The number of benzene rings is 2. The summed E-state index contributed by atoms with van der Waals surface area (Å²) in [5.74, 6) is -0.0652. The fourth-order valence-electron chi connectivity index (χ4n) is 2.66. The smallest absolute Gasteiger partial charge is 0.239 e. The Bertz CT molecular complexity index is 620. The number of fused-ring (bicyclic) bond motifs is 1. The van der Waals surface area contributed by atoms with Gasteiger partial charge in [0.1, 0.15) is 0 Å². The fraction of sp³-hybridized carbons (Fsp3) is 0.389. The molecule has 120 valence electrons. The third kappa shape index (κ3) is 4.46. The Morgan fingerprint density at radius 1 is 1.18 bits per heavy atom. The summed E-state index contributed by atoms with van der Waals surface area (Å²) in [6, 6.07) is 14.6. The average molecular weight is 321 g/mol. The van der Waals surface area contributed by atoms with Gasteiger partial charge in [-0.05, 0) is 36.1 Å². The third-order valence-electron chi connectivity index (χ3n) is 3.85. The minimum atomic E-state index is -0.770. The van der Waals surface area contributed by atoms with Crippen molar-refractivity contribution in [1.29, 1.82) is 0 Å². The average Bonchev–Trinajstić information content (AvgIpc) is 2.47. The summed E-state index contributed by atoms with van der Waals surface area (Å²) >= 11 is 0. The fourth-order valence-corrected chi connectivity index (χ4v) is 2.66. The van der Waals surface area contributed by atoms with Crippen LogP contribution in [-0.4, -0.2) is 18.0 Å². The molecule has 3 N–H and O–H groups in total. The zero-order chi connectivity index (χ0) is 15.3. The molecule has 22 heavy (non-hydrogen) atoms. The van der Waals surface area contributed by atoms with Gasteiger partial charge in [0, 0.05) is 6.54 Å². The predicted molar refractivity (Wildman–Crippen MR) is 95.4 cm³/mol. The number of carbonyl (C=O) groups is 1. The van der Waals surface area contributed by atoms with E-state index >= 15 is 0 Å². The monoisotopic (exact) mass is 320 g/mol. The molecule has 3 nitrogen and oxygen atoms in total. The van der Waals surface area contributed by atoms with Gasteiger partial charge in [-0.2, -0.15) is 0 Å². The first-order valence-corrected chi connectivity index (χ1v) is 7.58. The van der Waals surface area contributed by atoms with Gasteiger partial charge in [0.25, 0.3) is 0 Å². The highest BCUT2D eigenvalue weighted by Crippen LogP contribution is 2.18. The second-order valence-electron chi connectivity index (χ2n) is 5.81. The van der Waals surface area contributed by atoms with Gasteiger partial charge in [0.2, 0.25) is 5.91 Å². The Kier molecular flexibility index (Phi) is 6.85. The zero-order valence-electron chi connectivity index (χ0n) is 13.3. The molecule has 0 radical (unpaired) electrons. The van der Waals surface area contributed by atoms with E-state index in [0.29, 0.717) is 13.0 Å². The van der Waals surface area contributed by atoms with E-state index < -0.39 is 5.54 Å². The Labute approximate surface area is 138 Å². The van der Waals surface area contributed by atoms with Crippen LogP contribution in [0.15, 0.2) is 42.5 Å². The molecule has 0 saturated carbocycles. The summed E-state index contributed by atoms with van der Waals surface area (Å²) in [4.78, 5) is 12.1. The van der Waals surface area contributed by atoms with Crippen molar-refractivity contribution in [2.45, 2.75) is 38.6 Å². The van der Waals surface area contributed by atoms with Gasteiger partial charge in [-0.3, -0.25) is 4.79 Å². The predicted octanol–water partition coefficient (Wildman–Crippen LogP) is 3.44.